The Morgan fingerprint density at radius 3 is 2.72 bits per heavy atom. The number of hydrogen-bond acceptors (Lipinski definition) is 5. The lowest BCUT2D eigenvalue weighted by molar-refractivity contribution is -0.130. The van der Waals surface area contributed by atoms with Crippen molar-refractivity contribution in [2.75, 3.05) is 13.7 Å². The Morgan fingerprint density at radius 2 is 2.08 bits per heavy atom. The zero-order valence-electron chi connectivity index (χ0n) is 14.8. The summed E-state index contributed by atoms with van der Waals surface area (Å²) in [5.74, 6) is 0.875. The first-order valence-corrected chi connectivity index (χ1v) is 8.61. The fraction of sp³-hybridized carbons (Fsp3) is 0.500. The average molecular weight is 364 g/mol. The van der Waals surface area contributed by atoms with Crippen LogP contribution in [0.15, 0.2) is 28.7 Å². The Hall–Kier alpha value is -1.92. The molecule has 0 saturated carbocycles. The van der Waals surface area contributed by atoms with Crippen LogP contribution < -0.4 is 0 Å². The molecule has 1 amide bonds. The zero-order valence-corrected chi connectivity index (χ0v) is 15.6. The molecule has 134 valence electrons. The van der Waals surface area contributed by atoms with Crippen LogP contribution in [0.3, 0.4) is 0 Å². The highest BCUT2D eigenvalue weighted by Crippen LogP contribution is 2.38. The van der Waals surface area contributed by atoms with Gasteiger partial charge in [0.2, 0.25) is 17.7 Å². The van der Waals surface area contributed by atoms with Crippen molar-refractivity contribution >= 4 is 17.5 Å². The Bertz CT molecular complexity index is 774. The topological polar surface area (TPSA) is 68.5 Å². The first-order valence-electron chi connectivity index (χ1n) is 8.23. The van der Waals surface area contributed by atoms with Crippen molar-refractivity contribution in [2.45, 2.75) is 44.8 Å². The predicted molar refractivity (Wildman–Crippen MR) is 93.4 cm³/mol. The van der Waals surface area contributed by atoms with Crippen LogP contribution in [0.2, 0.25) is 5.02 Å². The van der Waals surface area contributed by atoms with Crippen molar-refractivity contribution in [3.63, 3.8) is 0 Å². The summed E-state index contributed by atoms with van der Waals surface area (Å²) in [6, 6.07) is 7.34. The molecule has 0 bridgehead atoms. The van der Waals surface area contributed by atoms with Crippen LogP contribution in [0.5, 0.6) is 0 Å². The van der Waals surface area contributed by atoms with Gasteiger partial charge >= 0.3 is 0 Å². The van der Waals surface area contributed by atoms with Gasteiger partial charge in [-0.15, -0.1) is 10.2 Å². The number of halogens is 1. The maximum Gasteiger partial charge on any atom is 0.239 e. The van der Waals surface area contributed by atoms with E-state index in [1.165, 1.54) is 6.92 Å². The van der Waals surface area contributed by atoms with Crippen molar-refractivity contribution in [1.29, 1.82) is 0 Å². The van der Waals surface area contributed by atoms with Crippen molar-refractivity contribution in [1.82, 2.24) is 15.1 Å². The number of hydrogen-bond donors (Lipinski definition) is 0. The molecular weight excluding hydrogens is 342 g/mol. The van der Waals surface area contributed by atoms with Crippen LogP contribution >= 0.6 is 11.6 Å². The van der Waals surface area contributed by atoms with Gasteiger partial charge < -0.3 is 14.1 Å². The summed E-state index contributed by atoms with van der Waals surface area (Å²) in [4.78, 5) is 13.6. The van der Waals surface area contributed by atoms with Crippen LogP contribution in [-0.4, -0.2) is 40.8 Å². The molecule has 1 aliphatic rings. The molecule has 0 unspecified atom stereocenters. The van der Waals surface area contributed by atoms with E-state index in [4.69, 9.17) is 20.8 Å². The number of likely N-dealkylation sites (tertiary alicyclic amines) is 1. The number of methoxy groups -OCH3 is 1. The minimum Gasteiger partial charge on any atom is -0.422 e. The SMILES string of the molecule is CO[C@H]1C[C@H](c2nnc(C(C)(C)c3ccccc3Cl)o2)N(C(C)=O)C1. The average Bonchev–Trinajstić information content (AvgIpc) is 3.22. The Kier molecular flexibility index (Phi) is 4.84. The number of aromatic nitrogens is 2. The number of benzene rings is 1. The molecule has 0 N–H and O–H groups in total. The molecule has 1 aliphatic heterocycles. The van der Waals surface area contributed by atoms with Crippen molar-refractivity contribution < 1.29 is 13.9 Å². The normalized spacial score (nSPS) is 20.9. The molecule has 3 rings (SSSR count). The fourth-order valence-electron chi connectivity index (χ4n) is 3.26. The second-order valence-corrected chi connectivity index (χ2v) is 7.24. The molecule has 1 aromatic carbocycles. The van der Waals surface area contributed by atoms with Crippen molar-refractivity contribution in [3.8, 4) is 0 Å². The number of ether oxygens (including phenoxy) is 1. The van der Waals surface area contributed by atoms with Gasteiger partial charge in [0.05, 0.1) is 11.5 Å². The molecule has 2 aromatic rings. The number of rotatable bonds is 4. The number of carbonyl (C=O) groups is 1. The Balaban J connectivity index is 1.92. The maximum atomic E-state index is 11.9. The second kappa shape index (κ2) is 6.77. The largest absolute Gasteiger partial charge is 0.422 e. The predicted octanol–water partition coefficient (Wildman–Crippen LogP) is 3.36. The molecule has 0 aliphatic carbocycles. The van der Waals surface area contributed by atoms with Crippen molar-refractivity contribution in [3.05, 3.63) is 46.6 Å². The molecule has 2 heterocycles. The molecule has 1 fully saturated rings. The first kappa shape index (κ1) is 17.9. The molecule has 25 heavy (non-hydrogen) atoms. The van der Waals surface area contributed by atoms with Gasteiger partial charge in [-0.05, 0) is 25.5 Å². The first-order chi connectivity index (χ1) is 11.8. The third-order valence-electron chi connectivity index (χ3n) is 4.81. The minimum atomic E-state index is -0.538. The van der Waals surface area contributed by atoms with Crippen LogP contribution in [0, 0.1) is 0 Å². The summed E-state index contributed by atoms with van der Waals surface area (Å²) in [5, 5.41) is 9.10. The zero-order chi connectivity index (χ0) is 18.2. The van der Waals surface area contributed by atoms with Gasteiger partial charge in [0.15, 0.2) is 0 Å². The summed E-state index contributed by atoms with van der Waals surface area (Å²) in [6.07, 6.45) is 0.616. The van der Waals surface area contributed by atoms with E-state index in [0.29, 0.717) is 29.8 Å². The quantitative estimate of drug-likeness (QED) is 0.833. The molecule has 7 heteroatoms. The molecule has 1 aromatic heterocycles. The fourth-order valence-corrected chi connectivity index (χ4v) is 3.63. The van der Waals surface area contributed by atoms with Crippen LogP contribution in [0.1, 0.15) is 50.6 Å². The molecule has 0 radical (unpaired) electrons. The highest BCUT2D eigenvalue weighted by molar-refractivity contribution is 6.31. The lowest BCUT2D eigenvalue weighted by Gasteiger charge is -2.22. The molecular formula is C18H22ClN3O3. The van der Waals surface area contributed by atoms with Crippen LogP contribution in [0.4, 0.5) is 0 Å². The lowest BCUT2D eigenvalue weighted by atomic mass is 9.84. The summed E-state index contributed by atoms with van der Waals surface area (Å²) >= 11 is 6.34. The van der Waals surface area contributed by atoms with Crippen molar-refractivity contribution in [2.24, 2.45) is 0 Å². The number of nitrogens with zero attached hydrogens (tertiary/aromatic N) is 3. The second-order valence-electron chi connectivity index (χ2n) is 6.83. The third kappa shape index (κ3) is 3.28. The Morgan fingerprint density at radius 1 is 1.36 bits per heavy atom. The minimum absolute atomic E-state index is 0.0270. The highest BCUT2D eigenvalue weighted by Gasteiger charge is 2.39. The van der Waals surface area contributed by atoms with E-state index < -0.39 is 5.41 Å². The summed E-state index contributed by atoms with van der Waals surface area (Å²) in [5.41, 5.74) is 0.376. The van der Waals surface area contributed by atoms with Gasteiger partial charge in [-0.25, -0.2) is 0 Å². The molecule has 6 nitrogen and oxygen atoms in total. The van der Waals surface area contributed by atoms with E-state index in [2.05, 4.69) is 10.2 Å². The number of carbonyl (C=O) groups excluding carboxylic acids is 1. The van der Waals surface area contributed by atoms with Gasteiger partial charge in [0.25, 0.3) is 0 Å². The maximum absolute atomic E-state index is 11.9. The third-order valence-corrected chi connectivity index (χ3v) is 5.14. The van der Waals surface area contributed by atoms with Gasteiger partial charge in [-0.2, -0.15) is 0 Å². The monoisotopic (exact) mass is 363 g/mol. The summed E-state index contributed by atoms with van der Waals surface area (Å²) in [7, 11) is 1.64. The van der Waals surface area contributed by atoms with Gasteiger partial charge in [0.1, 0.15) is 6.04 Å². The van der Waals surface area contributed by atoms with E-state index >= 15 is 0 Å². The highest BCUT2D eigenvalue weighted by atomic mass is 35.5. The van der Waals surface area contributed by atoms with E-state index in [0.717, 1.165) is 5.56 Å². The standard InChI is InChI=1S/C18H22ClN3O3/c1-11(23)22-10-12(24-4)9-15(22)16-20-21-17(25-16)18(2,3)13-7-5-6-8-14(13)19/h5-8,12,15H,9-10H2,1-4H3/t12-,15+/m0/s1. The Labute approximate surface area is 152 Å². The van der Waals surface area contributed by atoms with E-state index in [-0.39, 0.29) is 18.1 Å². The number of amides is 1. The van der Waals surface area contributed by atoms with Crippen LogP contribution in [-0.2, 0) is 14.9 Å². The molecule has 0 spiro atoms. The van der Waals surface area contributed by atoms with E-state index in [1.807, 2.05) is 38.1 Å². The van der Waals surface area contributed by atoms with Gasteiger partial charge in [-0.1, -0.05) is 29.8 Å². The summed E-state index contributed by atoms with van der Waals surface area (Å²) in [6.45, 7) is 6.04. The smallest absolute Gasteiger partial charge is 0.239 e. The molecule has 1 saturated heterocycles. The van der Waals surface area contributed by atoms with Crippen LogP contribution in [0.25, 0.3) is 0 Å². The summed E-state index contributed by atoms with van der Waals surface area (Å²) < 4.78 is 11.4. The van der Waals surface area contributed by atoms with E-state index in [1.54, 1.807) is 12.0 Å². The van der Waals surface area contributed by atoms with Gasteiger partial charge in [0, 0.05) is 32.0 Å². The lowest BCUT2D eigenvalue weighted by Crippen LogP contribution is -2.29. The van der Waals surface area contributed by atoms with Gasteiger partial charge in [-0.3, -0.25) is 4.79 Å². The molecule has 2 atom stereocenters. The van der Waals surface area contributed by atoms with E-state index in [9.17, 15) is 4.79 Å².